The van der Waals surface area contributed by atoms with E-state index in [4.69, 9.17) is 5.11 Å². The number of rotatable bonds is 3. The first-order chi connectivity index (χ1) is 7.66. The second-order valence-corrected chi connectivity index (χ2v) is 5.58. The summed E-state index contributed by atoms with van der Waals surface area (Å²) in [6, 6.07) is 0. The largest absolute Gasteiger partial charge is 0.481 e. The molecule has 4 heteroatoms. The molecule has 1 aromatic rings. The van der Waals surface area contributed by atoms with Crippen LogP contribution in [0.5, 0.6) is 0 Å². The summed E-state index contributed by atoms with van der Waals surface area (Å²) in [6.07, 6.45) is 6.48. The summed E-state index contributed by atoms with van der Waals surface area (Å²) in [5, 5.41) is 9.95. The van der Waals surface area contributed by atoms with Crippen molar-refractivity contribution in [1.29, 1.82) is 0 Å². The van der Waals surface area contributed by atoms with E-state index in [0.717, 1.165) is 15.6 Å². The first kappa shape index (κ1) is 11.6. The molecule has 0 radical (unpaired) electrons. The molecule has 0 spiro atoms. The summed E-state index contributed by atoms with van der Waals surface area (Å²) in [7, 11) is 0. The van der Waals surface area contributed by atoms with Crippen molar-refractivity contribution in [2.24, 2.45) is 0 Å². The van der Waals surface area contributed by atoms with Crippen molar-refractivity contribution in [3.8, 4) is 0 Å². The first-order valence-electron chi connectivity index (χ1n) is 5.85. The van der Waals surface area contributed by atoms with Gasteiger partial charge in [0.25, 0.3) is 0 Å². The van der Waals surface area contributed by atoms with Crippen molar-refractivity contribution in [3.05, 3.63) is 15.6 Å². The Morgan fingerprint density at radius 2 is 2.12 bits per heavy atom. The van der Waals surface area contributed by atoms with Crippen LogP contribution in [0.4, 0.5) is 0 Å². The lowest BCUT2D eigenvalue weighted by molar-refractivity contribution is -0.136. The maximum atomic E-state index is 10.7. The number of aromatic nitrogens is 1. The maximum Gasteiger partial charge on any atom is 0.308 e. The van der Waals surface area contributed by atoms with Crippen LogP contribution < -0.4 is 0 Å². The van der Waals surface area contributed by atoms with Gasteiger partial charge >= 0.3 is 5.97 Å². The molecule has 16 heavy (non-hydrogen) atoms. The molecule has 1 saturated carbocycles. The van der Waals surface area contributed by atoms with E-state index >= 15 is 0 Å². The zero-order valence-corrected chi connectivity index (χ0v) is 10.3. The Balaban J connectivity index is 2.12. The van der Waals surface area contributed by atoms with Crippen LogP contribution in [-0.2, 0) is 11.2 Å². The number of hydrogen-bond donors (Lipinski definition) is 1. The molecule has 0 amide bonds. The molecule has 3 nitrogen and oxygen atoms in total. The molecule has 0 saturated heterocycles. The van der Waals surface area contributed by atoms with E-state index in [0.29, 0.717) is 5.92 Å². The van der Waals surface area contributed by atoms with E-state index in [9.17, 15) is 4.79 Å². The number of aliphatic carboxylic acids is 1. The van der Waals surface area contributed by atoms with Gasteiger partial charge in [0.05, 0.1) is 17.1 Å². The highest BCUT2D eigenvalue weighted by Gasteiger charge is 2.20. The summed E-state index contributed by atoms with van der Waals surface area (Å²) in [4.78, 5) is 16.2. The summed E-state index contributed by atoms with van der Waals surface area (Å²) < 4.78 is 0. The van der Waals surface area contributed by atoms with Gasteiger partial charge in [-0.3, -0.25) is 4.79 Å². The van der Waals surface area contributed by atoms with Crippen molar-refractivity contribution in [2.75, 3.05) is 0 Å². The SMILES string of the molecule is Cc1nc(C2CCCCC2)sc1CC(=O)O. The minimum atomic E-state index is -0.762. The third-order valence-electron chi connectivity index (χ3n) is 3.18. The number of thiazole rings is 1. The molecule has 1 aliphatic carbocycles. The molecular weight excluding hydrogens is 222 g/mol. The van der Waals surface area contributed by atoms with Gasteiger partial charge in [0.15, 0.2) is 0 Å². The van der Waals surface area contributed by atoms with Crippen molar-refractivity contribution in [1.82, 2.24) is 4.98 Å². The highest BCUT2D eigenvalue weighted by atomic mass is 32.1. The van der Waals surface area contributed by atoms with Crippen LogP contribution in [0.1, 0.15) is 53.6 Å². The van der Waals surface area contributed by atoms with Crippen molar-refractivity contribution < 1.29 is 9.90 Å². The Morgan fingerprint density at radius 3 is 2.75 bits per heavy atom. The highest BCUT2D eigenvalue weighted by Crippen LogP contribution is 2.35. The molecule has 1 N–H and O–H groups in total. The maximum absolute atomic E-state index is 10.7. The van der Waals surface area contributed by atoms with Gasteiger partial charge < -0.3 is 5.11 Å². The topological polar surface area (TPSA) is 50.2 Å². The number of nitrogens with zero attached hydrogens (tertiary/aromatic N) is 1. The fraction of sp³-hybridized carbons (Fsp3) is 0.667. The molecule has 0 atom stereocenters. The summed E-state index contributed by atoms with van der Waals surface area (Å²) in [5.41, 5.74) is 0.910. The van der Waals surface area contributed by atoms with Crippen LogP contribution in [0.15, 0.2) is 0 Å². The van der Waals surface area contributed by atoms with Gasteiger partial charge in [-0.2, -0.15) is 0 Å². The summed E-state index contributed by atoms with van der Waals surface area (Å²) >= 11 is 1.60. The fourth-order valence-corrected chi connectivity index (χ4v) is 3.50. The Labute approximate surface area is 99.5 Å². The zero-order chi connectivity index (χ0) is 11.5. The smallest absolute Gasteiger partial charge is 0.308 e. The lowest BCUT2D eigenvalue weighted by atomic mass is 9.90. The monoisotopic (exact) mass is 239 g/mol. The quantitative estimate of drug-likeness (QED) is 0.881. The second kappa shape index (κ2) is 4.95. The number of carboxylic acids is 1. The molecule has 1 aromatic heterocycles. The molecule has 0 aromatic carbocycles. The van der Waals surface area contributed by atoms with E-state index in [1.807, 2.05) is 6.92 Å². The van der Waals surface area contributed by atoms with Crippen LogP contribution in [0.25, 0.3) is 0 Å². The minimum absolute atomic E-state index is 0.121. The molecule has 0 unspecified atom stereocenters. The third kappa shape index (κ3) is 2.61. The fourth-order valence-electron chi connectivity index (χ4n) is 2.28. The van der Waals surface area contributed by atoms with Gasteiger partial charge in [0.2, 0.25) is 0 Å². The molecule has 88 valence electrons. The molecule has 1 heterocycles. The standard InChI is InChI=1S/C12H17NO2S/c1-8-10(7-11(14)15)16-12(13-8)9-5-3-2-4-6-9/h9H,2-7H2,1H3,(H,14,15). The number of carboxylic acid groups (broad SMARTS) is 1. The normalized spacial score (nSPS) is 17.6. The molecule has 1 fully saturated rings. The van der Waals surface area contributed by atoms with Crippen molar-refractivity contribution >= 4 is 17.3 Å². The first-order valence-corrected chi connectivity index (χ1v) is 6.66. The number of hydrogen-bond acceptors (Lipinski definition) is 3. The third-order valence-corrected chi connectivity index (χ3v) is 4.50. The van der Waals surface area contributed by atoms with Crippen LogP contribution in [0, 0.1) is 6.92 Å². The van der Waals surface area contributed by atoms with Crippen LogP contribution in [0.3, 0.4) is 0 Å². The van der Waals surface area contributed by atoms with Gasteiger partial charge in [-0.25, -0.2) is 4.98 Å². The van der Waals surface area contributed by atoms with Gasteiger partial charge in [-0.15, -0.1) is 11.3 Å². The molecule has 0 bridgehead atoms. The Kier molecular flexibility index (Phi) is 3.59. The van der Waals surface area contributed by atoms with Crippen LogP contribution in [-0.4, -0.2) is 16.1 Å². The van der Waals surface area contributed by atoms with E-state index in [1.165, 1.54) is 32.1 Å². The Hall–Kier alpha value is -0.900. The lowest BCUT2D eigenvalue weighted by Crippen LogP contribution is -2.03. The molecule has 1 aliphatic rings. The Morgan fingerprint density at radius 1 is 1.44 bits per heavy atom. The average molecular weight is 239 g/mol. The van der Waals surface area contributed by atoms with Crippen molar-refractivity contribution in [2.45, 2.75) is 51.4 Å². The molecular formula is C12H17NO2S. The predicted octanol–water partition coefficient (Wildman–Crippen LogP) is 3.13. The number of carbonyl (C=O) groups is 1. The van der Waals surface area contributed by atoms with Crippen LogP contribution in [0.2, 0.25) is 0 Å². The Bertz CT molecular complexity index is 380. The highest BCUT2D eigenvalue weighted by molar-refractivity contribution is 7.11. The average Bonchev–Trinajstić information content (AvgIpc) is 2.61. The van der Waals surface area contributed by atoms with E-state index in [1.54, 1.807) is 11.3 Å². The van der Waals surface area contributed by atoms with Gasteiger partial charge in [0, 0.05) is 10.8 Å². The predicted molar refractivity (Wildman–Crippen MR) is 64.0 cm³/mol. The van der Waals surface area contributed by atoms with Gasteiger partial charge in [0.1, 0.15) is 0 Å². The zero-order valence-electron chi connectivity index (χ0n) is 9.53. The summed E-state index contributed by atoms with van der Waals surface area (Å²) in [5.74, 6) is -0.179. The van der Waals surface area contributed by atoms with E-state index in [2.05, 4.69) is 4.98 Å². The number of aryl methyl sites for hydroxylation is 1. The van der Waals surface area contributed by atoms with Gasteiger partial charge in [-0.05, 0) is 19.8 Å². The van der Waals surface area contributed by atoms with E-state index < -0.39 is 5.97 Å². The van der Waals surface area contributed by atoms with Crippen molar-refractivity contribution in [3.63, 3.8) is 0 Å². The molecule has 0 aliphatic heterocycles. The molecule has 2 rings (SSSR count). The van der Waals surface area contributed by atoms with E-state index in [-0.39, 0.29) is 6.42 Å². The van der Waals surface area contributed by atoms with Gasteiger partial charge in [-0.1, -0.05) is 19.3 Å². The second-order valence-electron chi connectivity index (χ2n) is 4.47. The van der Waals surface area contributed by atoms with Crippen LogP contribution >= 0.6 is 11.3 Å². The lowest BCUT2D eigenvalue weighted by Gasteiger charge is -2.18. The summed E-state index contributed by atoms with van der Waals surface area (Å²) in [6.45, 7) is 1.92. The minimum Gasteiger partial charge on any atom is -0.481 e.